The molecule has 1 fully saturated rings. The maximum Gasteiger partial charge on any atom is 0.271 e. The van der Waals surface area contributed by atoms with Crippen LogP contribution in [0, 0.1) is 10.1 Å². The molecule has 2 N–H and O–H groups in total. The largest absolute Gasteiger partial charge is 0.374 e. The molecule has 1 aromatic rings. The number of rotatable bonds is 5. The molecule has 0 spiro atoms. The van der Waals surface area contributed by atoms with E-state index in [1.165, 1.54) is 25.0 Å². The van der Waals surface area contributed by atoms with Crippen molar-refractivity contribution in [2.24, 2.45) is 0 Å². The highest BCUT2D eigenvalue weighted by molar-refractivity contribution is 5.84. The lowest BCUT2D eigenvalue weighted by molar-refractivity contribution is -0.384. The topological polar surface area (TPSA) is 84.3 Å². The summed E-state index contributed by atoms with van der Waals surface area (Å²) < 4.78 is 0. The van der Waals surface area contributed by atoms with E-state index in [4.69, 9.17) is 0 Å². The zero-order valence-electron chi connectivity index (χ0n) is 12.9. The van der Waals surface area contributed by atoms with Gasteiger partial charge in [0.05, 0.1) is 4.92 Å². The van der Waals surface area contributed by atoms with Crippen molar-refractivity contribution in [2.45, 2.75) is 57.5 Å². The summed E-state index contributed by atoms with van der Waals surface area (Å²) in [6.07, 6.45) is 6.89. The van der Waals surface area contributed by atoms with Gasteiger partial charge in [0.2, 0.25) is 5.91 Å². The van der Waals surface area contributed by atoms with Gasteiger partial charge in [-0.05, 0) is 25.8 Å². The van der Waals surface area contributed by atoms with E-state index in [1.807, 2.05) is 0 Å². The number of nitro benzene ring substituents is 1. The van der Waals surface area contributed by atoms with Crippen LogP contribution in [0.5, 0.6) is 0 Å². The third-order valence-corrected chi connectivity index (χ3v) is 4.03. The number of nitrogens with one attached hydrogen (secondary N) is 2. The molecule has 6 heteroatoms. The summed E-state index contributed by atoms with van der Waals surface area (Å²) in [6, 6.07) is 6.03. The standard InChI is InChI=1S/C16H23N3O3/c1-12(16(20)18-13-7-4-2-3-5-8-13)17-14-9-6-10-15(11-14)19(21)22/h6,9-13,17H,2-5,7-8H2,1H3,(H,18,20)/t12-/m0/s1. The maximum absolute atomic E-state index is 12.2. The molecule has 0 aliphatic heterocycles. The number of hydrogen-bond donors (Lipinski definition) is 2. The van der Waals surface area contributed by atoms with Gasteiger partial charge in [0.25, 0.3) is 5.69 Å². The third-order valence-electron chi connectivity index (χ3n) is 4.03. The molecule has 1 atom stereocenters. The Morgan fingerprint density at radius 1 is 1.27 bits per heavy atom. The lowest BCUT2D eigenvalue weighted by atomic mass is 10.1. The SMILES string of the molecule is C[C@H](Nc1cccc([N+](=O)[O-])c1)C(=O)NC1CCCCCC1. The van der Waals surface area contributed by atoms with E-state index < -0.39 is 11.0 Å². The van der Waals surface area contributed by atoms with E-state index >= 15 is 0 Å². The van der Waals surface area contributed by atoms with Crippen molar-refractivity contribution in [1.82, 2.24) is 5.32 Å². The summed E-state index contributed by atoms with van der Waals surface area (Å²) in [7, 11) is 0. The van der Waals surface area contributed by atoms with Gasteiger partial charge in [0, 0.05) is 23.9 Å². The van der Waals surface area contributed by atoms with Gasteiger partial charge in [-0.2, -0.15) is 0 Å². The van der Waals surface area contributed by atoms with Crippen LogP contribution in [0.15, 0.2) is 24.3 Å². The van der Waals surface area contributed by atoms with Crippen molar-refractivity contribution in [3.8, 4) is 0 Å². The molecule has 0 radical (unpaired) electrons. The van der Waals surface area contributed by atoms with Gasteiger partial charge in [-0.3, -0.25) is 14.9 Å². The molecule has 6 nitrogen and oxygen atoms in total. The predicted molar refractivity (Wildman–Crippen MR) is 85.8 cm³/mol. The number of carbonyl (C=O) groups excluding carboxylic acids is 1. The van der Waals surface area contributed by atoms with Gasteiger partial charge in [-0.25, -0.2) is 0 Å². The van der Waals surface area contributed by atoms with Crippen LogP contribution in [0.2, 0.25) is 0 Å². The number of benzene rings is 1. The van der Waals surface area contributed by atoms with Crippen LogP contribution < -0.4 is 10.6 Å². The maximum atomic E-state index is 12.2. The monoisotopic (exact) mass is 305 g/mol. The summed E-state index contributed by atoms with van der Waals surface area (Å²) >= 11 is 0. The normalized spacial score (nSPS) is 17.3. The Morgan fingerprint density at radius 2 is 1.95 bits per heavy atom. The molecule has 1 aliphatic carbocycles. The van der Waals surface area contributed by atoms with E-state index in [9.17, 15) is 14.9 Å². The Kier molecular flexibility index (Phi) is 5.75. The predicted octanol–water partition coefficient (Wildman–Crippen LogP) is 3.23. The fourth-order valence-corrected chi connectivity index (χ4v) is 2.77. The fourth-order valence-electron chi connectivity index (χ4n) is 2.77. The van der Waals surface area contributed by atoms with Crippen molar-refractivity contribution >= 4 is 17.3 Å². The van der Waals surface area contributed by atoms with Crippen LogP contribution in [0.1, 0.15) is 45.4 Å². The number of amides is 1. The first-order chi connectivity index (χ1) is 10.6. The van der Waals surface area contributed by atoms with Crippen molar-refractivity contribution in [3.63, 3.8) is 0 Å². The summed E-state index contributed by atoms with van der Waals surface area (Å²) in [5.74, 6) is -0.0570. The molecule has 0 unspecified atom stereocenters. The van der Waals surface area contributed by atoms with Crippen LogP contribution in [0.3, 0.4) is 0 Å². The molecule has 1 aromatic carbocycles. The Labute approximate surface area is 130 Å². The van der Waals surface area contributed by atoms with Gasteiger partial charge >= 0.3 is 0 Å². The van der Waals surface area contributed by atoms with Crippen molar-refractivity contribution in [2.75, 3.05) is 5.32 Å². The van der Waals surface area contributed by atoms with Crippen molar-refractivity contribution < 1.29 is 9.72 Å². The molecule has 0 aromatic heterocycles. The van der Waals surface area contributed by atoms with E-state index in [1.54, 1.807) is 19.1 Å². The molecule has 120 valence electrons. The van der Waals surface area contributed by atoms with Gasteiger partial charge < -0.3 is 10.6 Å². The number of carbonyl (C=O) groups is 1. The molecule has 0 bridgehead atoms. The van der Waals surface area contributed by atoms with E-state index in [0.29, 0.717) is 5.69 Å². The summed E-state index contributed by atoms with van der Waals surface area (Å²) in [6.45, 7) is 1.77. The second kappa shape index (κ2) is 7.77. The van der Waals surface area contributed by atoms with Crippen molar-refractivity contribution in [3.05, 3.63) is 34.4 Å². The second-order valence-electron chi connectivity index (χ2n) is 5.87. The highest BCUT2D eigenvalue weighted by atomic mass is 16.6. The molecule has 0 heterocycles. The van der Waals surface area contributed by atoms with Gasteiger partial charge in [0.15, 0.2) is 0 Å². The Hall–Kier alpha value is -2.11. The summed E-state index contributed by atoms with van der Waals surface area (Å²) in [5, 5.41) is 16.9. The molecule has 1 aliphatic rings. The van der Waals surface area contributed by atoms with Gasteiger partial charge in [-0.1, -0.05) is 31.7 Å². The molecule has 1 saturated carbocycles. The third kappa shape index (κ3) is 4.72. The molecule has 1 amide bonds. The number of non-ortho nitro benzene ring substituents is 1. The molecular formula is C16H23N3O3. The Bertz CT molecular complexity index is 525. The minimum Gasteiger partial charge on any atom is -0.374 e. The average Bonchev–Trinajstić information content (AvgIpc) is 2.76. The van der Waals surface area contributed by atoms with Crippen molar-refractivity contribution in [1.29, 1.82) is 0 Å². The first-order valence-corrected chi connectivity index (χ1v) is 7.87. The Morgan fingerprint density at radius 3 is 2.59 bits per heavy atom. The van der Waals surface area contributed by atoms with E-state index in [-0.39, 0.29) is 17.6 Å². The highest BCUT2D eigenvalue weighted by Crippen LogP contribution is 2.19. The average molecular weight is 305 g/mol. The minimum absolute atomic E-state index is 0.0152. The Balaban J connectivity index is 1.90. The zero-order chi connectivity index (χ0) is 15.9. The van der Waals surface area contributed by atoms with E-state index in [0.717, 1.165) is 25.7 Å². The molecule has 0 saturated heterocycles. The van der Waals surface area contributed by atoms with Crippen LogP contribution >= 0.6 is 0 Å². The first kappa shape index (κ1) is 16.3. The minimum atomic E-state index is -0.443. The van der Waals surface area contributed by atoms with Crippen LogP contribution in [-0.2, 0) is 4.79 Å². The number of hydrogen-bond acceptors (Lipinski definition) is 4. The van der Waals surface area contributed by atoms with Crippen LogP contribution in [-0.4, -0.2) is 22.9 Å². The lowest BCUT2D eigenvalue weighted by Gasteiger charge is -2.20. The van der Waals surface area contributed by atoms with E-state index in [2.05, 4.69) is 10.6 Å². The van der Waals surface area contributed by atoms with Gasteiger partial charge in [0.1, 0.15) is 6.04 Å². The number of anilines is 1. The number of nitrogens with zero attached hydrogens (tertiary/aromatic N) is 1. The quantitative estimate of drug-likeness (QED) is 0.497. The van der Waals surface area contributed by atoms with Crippen LogP contribution in [0.4, 0.5) is 11.4 Å². The van der Waals surface area contributed by atoms with Crippen LogP contribution in [0.25, 0.3) is 0 Å². The smallest absolute Gasteiger partial charge is 0.271 e. The molecular weight excluding hydrogens is 282 g/mol. The number of nitro groups is 1. The second-order valence-corrected chi connectivity index (χ2v) is 5.87. The summed E-state index contributed by atoms with van der Waals surface area (Å²) in [5.41, 5.74) is 0.596. The molecule has 2 rings (SSSR count). The first-order valence-electron chi connectivity index (χ1n) is 7.87. The highest BCUT2D eigenvalue weighted by Gasteiger charge is 2.19. The lowest BCUT2D eigenvalue weighted by Crippen LogP contribution is -2.43. The van der Waals surface area contributed by atoms with Gasteiger partial charge in [-0.15, -0.1) is 0 Å². The zero-order valence-corrected chi connectivity index (χ0v) is 12.9. The fraction of sp³-hybridized carbons (Fsp3) is 0.562. The summed E-state index contributed by atoms with van der Waals surface area (Å²) in [4.78, 5) is 22.6. The molecule has 22 heavy (non-hydrogen) atoms.